The van der Waals surface area contributed by atoms with Crippen LogP contribution in [0.5, 0.6) is 0 Å². The summed E-state index contributed by atoms with van der Waals surface area (Å²) in [5.41, 5.74) is 0.445. The first-order chi connectivity index (χ1) is 6.10. The molecule has 2 nitrogen and oxygen atoms in total. The van der Waals surface area contributed by atoms with Crippen LogP contribution in [0.15, 0.2) is 0 Å². The van der Waals surface area contributed by atoms with Crippen molar-refractivity contribution in [2.24, 2.45) is 5.41 Å². The Hall–Kier alpha value is -0.0800. The van der Waals surface area contributed by atoms with Gasteiger partial charge in [0, 0.05) is 12.5 Å². The zero-order valence-corrected chi connectivity index (χ0v) is 9.35. The van der Waals surface area contributed by atoms with E-state index in [1.54, 1.807) is 0 Å². The molecule has 1 atom stereocenters. The van der Waals surface area contributed by atoms with Crippen LogP contribution in [0.3, 0.4) is 0 Å². The minimum Gasteiger partial charge on any atom is -0.380 e. The molecule has 1 fully saturated rings. The monoisotopic (exact) mass is 186 g/mol. The fourth-order valence-corrected chi connectivity index (χ4v) is 1.96. The summed E-state index contributed by atoms with van der Waals surface area (Å²) in [4.78, 5) is 0. The van der Waals surface area contributed by atoms with Crippen molar-refractivity contribution in [1.82, 2.24) is 0 Å². The lowest BCUT2D eigenvalue weighted by Crippen LogP contribution is -2.48. The molecule has 0 aromatic carbocycles. The van der Waals surface area contributed by atoms with Crippen molar-refractivity contribution in [2.45, 2.75) is 45.6 Å². The van der Waals surface area contributed by atoms with E-state index >= 15 is 0 Å². The second-order valence-electron chi connectivity index (χ2n) is 4.53. The summed E-state index contributed by atoms with van der Waals surface area (Å²) in [7, 11) is 1.81. The quantitative estimate of drug-likeness (QED) is 0.657. The van der Waals surface area contributed by atoms with Crippen molar-refractivity contribution in [1.29, 1.82) is 0 Å². The van der Waals surface area contributed by atoms with Gasteiger partial charge in [0.2, 0.25) is 0 Å². The van der Waals surface area contributed by atoms with E-state index < -0.39 is 0 Å². The molecule has 2 heteroatoms. The summed E-state index contributed by atoms with van der Waals surface area (Å²) >= 11 is 0. The molecule has 78 valence electrons. The molecule has 0 aromatic rings. The van der Waals surface area contributed by atoms with Crippen molar-refractivity contribution >= 4 is 0 Å². The van der Waals surface area contributed by atoms with Crippen molar-refractivity contribution in [3.63, 3.8) is 0 Å². The third-order valence-corrected chi connectivity index (χ3v) is 3.56. The minimum atomic E-state index is 0.0415. The van der Waals surface area contributed by atoms with E-state index in [-0.39, 0.29) is 5.60 Å². The molecule has 0 amide bonds. The SMILES string of the molecule is CCC1(CC(C)(CC)OC)COC1. The molecule has 0 aromatic heterocycles. The van der Waals surface area contributed by atoms with Gasteiger partial charge in [0.1, 0.15) is 0 Å². The summed E-state index contributed by atoms with van der Waals surface area (Å²) in [6.07, 6.45) is 3.40. The fourth-order valence-electron chi connectivity index (χ4n) is 1.96. The lowest BCUT2D eigenvalue weighted by Gasteiger charge is -2.46. The van der Waals surface area contributed by atoms with E-state index in [1.165, 1.54) is 6.42 Å². The standard InChI is InChI=1S/C11H22O2/c1-5-10(3,12-4)7-11(6-2)8-13-9-11/h5-9H2,1-4H3. The van der Waals surface area contributed by atoms with E-state index in [9.17, 15) is 0 Å². The van der Waals surface area contributed by atoms with E-state index in [1.807, 2.05) is 7.11 Å². The highest BCUT2D eigenvalue weighted by molar-refractivity contribution is 4.91. The summed E-state index contributed by atoms with van der Waals surface area (Å²) in [6.45, 7) is 8.47. The molecular formula is C11H22O2. The highest BCUT2D eigenvalue weighted by Crippen LogP contribution is 2.41. The molecular weight excluding hydrogens is 164 g/mol. The van der Waals surface area contributed by atoms with Crippen molar-refractivity contribution < 1.29 is 9.47 Å². The molecule has 0 saturated carbocycles. The van der Waals surface area contributed by atoms with Gasteiger partial charge in [0.15, 0.2) is 0 Å². The number of hydrogen-bond acceptors (Lipinski definition) is 2. The molecule has 0 bridgehead atoms. The van der Waals surface area contributed by atoms with Crippen molar-refractivity contribution in [2.75, 3.05) is 20.3 Å². The predicted octanol–water partition coefficient (Wildman–Crippen LogP) is 2.62. The Labute approximate surface area is 81.6 Å². The van der Waals surface area contributed by atoms with Gasteiger partial charge in [-0.05, 0) is 26.2 Å². The van der Waals surface area contributed by atoms with Crippen LogP contribution in [-0.4, -0.2) is 25.9 Å². The Kier molecular flexibility index (Phi) is 3.36. The van der Waals surface area contributed by atoms with E-state index in [4.69, 9.17) is 9.47 Å². The Balaban J connectivity index is 2.53. The van der Waals surface area contributed by atoms with Crippen LogP contribution in [0, 0.1) is 5.41 Å². The van der Waals surface area contributed by atoms with Crippen LogP contribution < -0.4 is 0 Å². The molecule has 0 spiro atoms. The second-order valence-corrected chi connectivity index (χ2v) is 4.53. The van der Waals surface area contributed by atoms with Gasteiger partial charge in [-0.2, -0.15) is 0 Å². The van der Waals surface area contributed by atoms with Crippen LogP contribution in [0.1, 0.15) is 40.0 Å². The number of hydrogen-bond donors (Lipinski definition) is 0. The molecule has 1 heterocycles. The third-order valence-electron chi connectivity index (χ3n) is 3.56. The summed E-state index contributed by atoms with van der Waals surface area (Å²) in [6, 6.07) is 0. The second kappa shape index (κ2) is 3.97. The maximum Gasteiger partial charge on any atom is 0.0655 e. The van der Waals surface area contributed by atoms with E-state index in [0.29, 0.717) is 5.41 Å². The van der Waals surface area contributed by atoms with Crippen LogP contribution >= 0.6 is 0 Å². The van der Waals surface area contributed by atoms with Crippen molar-refractivity contribution in [3.8, 4) is 0 Å². The number of ether oxygens (including phenoxy) is 2. The molecule has 1 saturated heterocycles. The maximum atomic E-state index is 5.56. The first-order valence-corrected chi connectivity index (χ1v) is 5.23. The lowest BCUT2D eigenvalue weighted by atomic mass is 9.73. The summed E-state index contributed by atoms with van der Waals surface area (Å²) in [5.74, 6) is 0. The lowest BCUT2D eigenvalue weighted by molar-refractivity contribution is -0.157. The predicted molar refractivity (Wildman–Crippen MR) is 53.9 cm³/mol. The molecule has 1 unspecified atom stereocenters. The van der Waals surface area contributed by atoms with Gasteiger partial charge in [-0.15, -0.1) is 0 Å². The number of rotatable bonds is 5. The highest BCUT2D eigenvalue weighted by Gasteiger charge is 2.42. The van der Waals surface area contributed by atoms with Gasteiger partial charge in [0.05, 0.1) is 18.8 Å². The average Bonchev–Trinajstić information content (AvgIpc) is 2.11. The Morgan fingerprint density at radius 2 is 2.00 bits per heavy atom. The largest absolute Gasteiger partial charge is 0.380 e. The van der Waals surface area contributed by atoms with Gasteiger partial charge in [-0.25, -0.2) is 0 Å². The smallest absolute Gasteiger partial charge is 0.0655 e. The van der Waals surface area contributed by atoms with Crippen LogP contribution in [0.2, 0.25) is 0 Å². The first-order valence-electron chi connectivity index (χ1n) is 5.23. The zero-order chi connectivity index (χ0) is 9.95. The molecule has 1 rings (SSSR count). The van der Waals surface area contributed by atoms with Crippen LogP contribution in [0.25, 0.3) is 0 Å². The molecule has 0 radical (unpaired) electrons. The Morgan fingerprint density at radius 3 is 2.23 bits per heavy atom. The first kappa shape index (κ1) is 11.0. The van der Waals surface area contributed by atoms with Crippen molar-refractivity contribution in [3.05, 3.63) is 0 Å². The van der Waals surface area contributed by atoms with Gasteiger partial charge >= 0.3 is 0 Å². The van der Waals surface area contributed by atoms with Gasteiger partial charge in [-0.1, -0.05) is 13.8 Å². The average molecular weight is 186 g/mol. The Bertz CT molecular complexity index is 141. The zero-order valence-electron chi connectivity index (χ0n) is 9.35. The van der Waals surface area contributed by atoms with Gasteiger partial charge in [-0.3, -0.25) is 0 Å². The van der Waals surface area contributed by atoms with Crippen LogP contribution in [0.4, 0.5) is 0 Å². The van der Waals surface area contributed by atoms with Crippen LogP contribution in [-0.2, 0) is 9.47 Å². The van der Waals surface area contributed by atoms with E-state index in [0.717, 1.165) is 26.1 Å². The van der Waals surface area contributed by atoms with E-state index in [2.05, 4.69) is 20.8 Å². The fraction of sp³-hybridized carbons (Fsp3) is 1.00. The van der Waals surface area contributed by atoms with Gasteiger partial charge in [0.25, 0.3) is 0 Å². The molecule has 1 aliphatic rings. The van der Waals surface area contributed by atoms with Gasteiger partial charge < -0.3 is 9.47 Å². The highest BCUT2D eigenvalue weighted by atomic mass is 16.5. The maximum absolute atomic E-state index is 5.56. The molecule has 0 aliphatic carbocycles. The minimum absolute atomic E-state index is 0.0415. The normalized spacial score (nSPS) is 24.9. The molecule has 1 aliphatic heterocycles. The summed E-state index contributed by atoms with van der Waals surface area (Å²) in [5, 5.41) is 0. The summed E-state index contributed by atoms with van der Waals surface area (Å²) < 4.78 is 10.9. The molecule has 13 heavy (non-hydrogen) atoms. The molecule has 0 N–H and O–H groups in total. The Morgan fingerprint density at radius 1 is 1.38 bits per heavy atom. The topological polar surface area (TPSA) is 18.5 Å². The number of methoxy groups -OCH3 is 1. The third kappa shape index (κ3) is 2.23.